The Hall–Kier alpha value is -2.67. The van der Waals surface area contributed by atoms with E-state index in [1.807, 2.05) is 6.07 Å². The molecule has 0 bridgehead atoms. The number of amides is 2. The van der Waals surface area contributed by atoms with Crippen LogP contribution in [0.4, 0.5) is 0 Å². The number of hydrogen-bond donors (Lipinski definition) is 4. The summed E-state index contributed by atoms with van der Waals surface area (Å²) in [6.07, 6.45) is 3.12. The Balaban J connectivity index is 1.60. The van der Waals surface area contributed by atoms with E-state index in [1.165, 1.54) is 6.20 Å². The lowest BCUT2D eigenvalue weighted by atomic mass is 10.0. The first-order valence-corrected chi connectivity index (χ1v) is 8.46. The Morgan fingerprint density at radius 2 is 2.08 bits per heavy atom. The zero-order chi connectivity index (χ0) is 17.8. The van der Waals surface area contributed by atoms with Crippen LogP contribution in [-0.4, -0.2) is 42.0 Å². The monoisotopic (exact) mass is 342 g/mol. The second-order valence-corrected chi connectivity index (χ2v) is 6.40. The lowest BCUT2D eigenvalue weighted by molar-refractivity contribution is -0.121. The van der Waals surface area contributed by atoms with E-state index in [9.17, 15) is 14.4 Å². The minimum atomic E-state index is -0.555. The van der Waals surface area contributed by atoms with E-state index in [4.69, 9.17) is 0 Å². The summed E-state index contributed by atoms with van der Waals surface area (Å²) in [5.41, 5.74) is 0.322. The molecule has 7 heteroatoms. The van der Waals surface area contributed by atoms with Crippen molar-refractivity contribution in [2.75, 3.05) is 13.1 Å². The van der Waals surface area contributed by atoms with E-state index < -0.39 is 5.91 Å². The largest absolute Gasteiger partial charge is 0.360 e. The molecule has 0 spiro atoms. The van der Waals surface area contributed by atoms with Crippen molar-refractivity contribution in [2.24, 2.45) is 0 Å². The van der Waals surface area contributed by atoms with Crippen molar-refractivity contribution in [3.05, 3.63) is 46.2 Å². The number of aromatic nitrogens is 1. The van der Waals surface area contributed by atoms with E-state index in [2.05, 4.69) is 27.9 Å². The average molecular weight is 342 g/mol. The van der Waals surface area contributed by atoms with E-state index in [0.29, 0.717) is 16.9 Å². The van der Waals surface area contributed by atoms with Crippen LogP contribution in [0.15, 0.2) is 35.3 Å². The minimum absolute atomic E-state index is 0.00184. The Kier molecular flexibility index (Phi) is 5.14. The van der Waals surface area contributed by atoms with Crippen LogP contribution < -0.4 is 21.4 Å². The summed E-state index contributed by atoms with van der Waals surface area (Å²) in [4.78, 5) is 39.6. The third-order valence-electron chi connectivity index (χ3n) is 4.43. The van der Waals surface area contributed by atoms with Crippen molar-refractivity contribution in [1.82, 2.24) is 20.9 Å². The molecule has 3 rings (SSSR count). The summed E-state index contributed by atoms with van der Waals surface area (Å²) in [7, 11) is 0. The highest BCUT2D eigenvalue weighted by Gasteiger charge is 2.20. The zero-order valence-corrected chi connectivity index (χ0v) is 14.1. The summed E-state index contributed by atoms with van der Waals surface area (Å²) >= 11 is 0. The number of para-hydroxylation sites is 1. The van der Waals surface area contributed by atoms with Crippen molar-refractivity contribution in [3.8, 4) is 0 Å². The molecular formula is C18H22N4O3. The van der Waals surface area contributed by atoms with Gasteiger partial charge >= 0.3 is 0 Å². The average Bonchev–Trinajstić information content (AvgIpc) is 2.60. The highest BCUT2D eigenvalue weighted by atomic mass is 16.2. The second-order valence-electron chi connectivity index (χ2n) is 6.40. The van der Waals surface area contributed by atoms with Gasteiger partial charge in [-0.2, -0.15) is 0 Å². The molecule has 2 unspecified atom stereocenters. The molecule has 0 saturated carbocycles. The highest BCUT2D eigenvalue weighted by Crippen LogP contribution is 2.08. The third kappa shape index (κ3) is 4.06. The first-order valence-electron chi connectivity index (χ1n) is 8.46. The lowest BCUT2D eigenvalue weighted by Crippen LogP contribution is -2.49. The van der Waals surface area contributed by atoms with Crippen LogP contribution in [0.25, 0.3) is 10.9 Å². The highest BCUT2D eigenvalue weighted by molar-refractivity contribution is 5.98. The first kappa shape index (κ1) is 17.2. The molecule has 1 aromatic carbocycles. The van der Waals surface area contributed by atoms with Crippen LogP contribution in [0.2, 0.25) is 0 Å². The fraction of sp³-hybridized carbons (Fsp3) is 0.389. The normalized spacial score (nSPS) is 20.2. The number of pyridine rings is 1. The summed E-state index contributed by atoms with van der Waals surface area (Å²) < 4.78 is 0. The van der Waals surface area contributed by atoms with Crippen molar-refractivity contribution < 1.29 is 9.59 Å². The maximum atomic E-state index is 12.4. The van der Waals surface area contributed by atoms with Crippen molar-refractivity contribution >= 4 is 22.7 Å². The summed E-state index contributed by atoms with van der Waals surface area (Å²) in [5.74, 6) is -0.800. The van der Waals surface area contributed by atoms with Gasteiger partial charge in [-0.05, 0) is 38.4 Å². The van der Waals surface area contributed by atoms with Crippen molar-refractivity contribution in [3.63, 3.8) is 0 Å². The topological polar surface area (TPSA) is 103 Å². The number of nitrogens with one attached hydrogen (secondary N) is 4. The molecule has 0 aliphatic carbocycles. The van der Waals surface area contributed by atoms with Crippen LogP contribution in [0.5, 0.6) is 0 Å². The Morgan fingerprint density at radius 3 is 2.88 bits per heavy atom. The Morgan fingerprint density at radius 1 is 1.28 bits per heavy atom. The van der Waals surface area contributed by atoms with Gasteiger partial charge in [0.15, 0.2) is 0 Å². The van der Waals surface area contributed by atoms with Gasteiger partial charge in [0.1, 0.15) is 5.56 Å². The van der Waals surface area contributed by atoms with Crippen LogP contribution in [0.1, 0.15) is 30.1 Å². The SMILES string of the molecule is CC1CC(NC(=O)CNC(=O)c2c[nH]c3ccccc3c2=O)CCN1. The number of hydrogen-bond acceptors (Lipinski definition) is 4. The predicted octanol–water partition coefficient (Wildman–Crippen LogP) is 0.515. The molecule has 2 amide bonds. The van der Waals surface area contributed by atoms with E-state index in [-0.39, 0.29) is 29.5 Å². The van der Waals surface area contributed by atoms with Gasteiger partial charge in [0, 0.05) is 29.2 Å². The van der Waals surface area contributed by atoms with E-state index >= 15 is 0 Å². The van der Waals surface area contributed by atoms with Gasteiger partial charge in [-0.1, -0.05) is 12.1 Å². The molecule has 1 fully saturated rings. The van der Waals surface area contributed by atoms with Crippen LogP contribution in [-0.2, 0) is 4.79 Å². The number of piperidine rings is 1. The molecule has 1 saturated heterocycles. The maximum absolute atomic E-state index is 12.4. The number of fused-ring (bicyclic) bond motifs is 1. The fourth-order valence-corrected chi connectivity index (χ4v) is 3.13. The number of rotatable bonds is 4. The van der Waals surface area contributed by atoms with Gasteiger partial charge < -0.3 is 20.9 Å². The Labute approximate surface area is 145 Å². The standard InChI is InChI=1S/C18H22N4O3/c1-11-8-12(6-7-19-11)22-16(23)10-21-18(25)14-9-20-15-5-3-2-4-13(15)17(14)24/h2-5,9,11-12,19H,6-8,10H2,1H3,(H,20,24)(H,21,25)(H,22,23). The Bertz CT molecular complexity index is 846. The van der Waals surface area contributed by atoms with E-state index in [1.54, 1.807) is 18.2 Å². The smallest absolute Gasteiger partial charge is 0.257 e. The fourth-order valence-electron chi connectivity index (χ4n) is 3.13. The lowest BCUT2D eigenvalue weighted by Gasteiger charge is -2.28. The first-order chi connectivity index (χ1) is 12.0. The van der Waals surface area contributed by atoms with Crippen molar-refractivity contribution in [2.45, 2.75) is 31.8 Å². The summed E-state index contributed by atoms with van der Waals surface area (Å²) in [5, 5.41) is 9.21. The van der Waals surface area contributed by atoms with Gasteiger partial charge in [-0.15, -0.1) is 0 Å². The number of carbonyl (C=O) groups excluding carboxylic acids is 2. The third-order valence-corrected chi connectivity index (χ3v) is 4.43. The molecular weight excluding hydrogens is 320 g/mol. The molecule has 0 radical (unpaired) electrons. The minimum Gasteiger partial charge on any atom is -0.360 e. The van der Waals surface area contributed by atoms with Crippen LogP contribution in [0, 0.1) is 0 Å². The molecule has 1 aliphatic rings. The van der Waals surface area contributed by atoms with Gasteiger partial charge in [0.25, 0.3) is 5.91 Å². The molecule has 1 aliphatic heterocycles. The quantitative estimate of drug-likeness (QED) is 0.650. The molecule has 4 N–H and O–H groups in total. The number of aromatic amines is 1. The maximum Gasteiger partial charge on any atom is 0.257 e. The molecule has 25 heavy (non-hydrogen) atoms. The number of benzene rings is 1. The van der Waals surface area contributed by atoms with Gasteiger partial charge in [-0.25, -0.2) is 0 Å². The molecule has 1 aromatic heterocycles. The number of carbonyl (C=O) groups is 2. The molecule has 132 valence electrons. The molecule has 7 nitrogen and oxygen atoms in total. The van der Waals surface area contributed by atoms with Crippen LogP contribution >= 0.6 is 0 Å². The van der Waals surface area contributed by atoms with Crippen LogP contribution in [0.3, 0.4) is 0 Å². The van der Waals surface area contributed by atoms with Gasteiger partial charge in [-0.3, -0.25) is 14.4 Å². The summed E-state index contributed by atoms with van der Waals surface area (Å²) in [6.45, 7) is 2.79. The second kappa shape index (κ2) is 7.48. The van der Waals surface area contributed by atoms with Gasteiger partial charge in [0.2, 0.25) is 11.3 Å². The molecule has 2 heterocycles. The summed E-state index contributed by atoms with van der Waals surface area (Å²) in [6, 6.07) is 7.47. The van der Waals surface area contributed by atoms with Gasteiger partial charge in [0.05, 0.1) is 6.54 Å². The van der Waals surface area contributed by atoms with E-state index in [0.717, 1.165) is 19.4 Å². The molecule has 2 atom stereocenters. The predicted molar refractivity (Wildman–Crippen MR) is 95.5 cm³/mol. The number of H-pyrrole nitrogens is 1. The molecule has 2 aromatic rings. The van der Waals surface area contributed by atoms with Crippen molar-refractivity contribution in [1.29, 1.82) is 0 Å². The zero-order valence-electron chi connectivity index (χ0n) is 14.1.